The average Bonchev–Trinajstić information content (AvgIpc) is 3.58. The van der Waals surface area contributed by atoms with Gasteiger partial charge in [0.15, 0.2) is 17.3 Å². The highest BCUT2D eigenvalue weighted by Crippen LogP contribution is 2.42. The lowest BCUT2D eigenvalue weighted by Crippen LogP contribution is -2.35. The van der Waals surface area contributed by atoms with E-state index in [9.17, 15) is 14.4 Å². The second-order valence-electron chi connectivity index (χ2n) is 10.6. The average molecular weight is 528 g/mol. The van der Waals surface area contributed by atoms with Gasteiger partial charge in [0, 0.05) is 55.0 Å². The molecule has 202 valence electrons. The summed E-state index contributed by atoms with van der Waals surface area (Å²) in [6.07, 6.45) is 9.11. The third-order valence-corrected chi connectivity index (χ3v) is 8.24. The molecule has 3 aliphatic heterocycles. The van der Waals surface area contributed by atoms with Gasteiger partial charge >= 0.3 is 0 Å². The predicted octanol–water partition coefficient (Wildman–Crippen LogP) is 5.05. The number of allylic oxidation sites excluding steroid dienone is 2. The first-order valence-electron chi connectivity index (χ1n) is 13.9. The van der Waals surface area contributed by atoms with Crippen LogP contribution in [0.15, 0.2) is 53.2 Å². The summed E-state index contributed by atoms with van der Waals surface area (Å²) < 4.78 is 11.5. The zero-order valence-electron chi connectivity index (χ0n) is 22.2. The van der Waals surface area contributed by atoms with Gasteiger partial charge in [-0.3, -0.25) is 19.4 Å². The van der Waals surface area contributed by atoms with Gasteiger partial charge in [-0.15, -0.1) is 0 Å². The number of ketones is 1. The smallest absolute Gasteiger partial charge is 0.256 e. The van der Waals surface area contributed by atoms with Crippen LogP contribution in [0.5, 0.6) is 11.5 Å². The molecule has 2 aromatic carbocycles. The minimum Gasteiger partial charge on any atom is -0.493 e. The highest BCUT2D eigenvalue weighted by molar-refractivity contribution is 6.08. The molecule has 2 aromatic rings. The van der Waals surface area contributed by atoms with E-state index in [1.54, 1.807) is 25.3 Å². The van der Waals surface area contributed by atoms with Crippen molar-refractivity contribution >= 4 is 29.5 Å². The quantitative estimate of drug-likeness (QED) is 0.448. The maximum absolute atomic E-state index is 13.0. The number of rotatable bonds is 8. The molecular weight excluding hydrogens is 494 g/mol. The lowest BCUT2D eigenvalue weighted by atomic mass is 9.85. The Bertz CT molecular complexity index is 1380. The zero-order valence-corrected chi connectivity index (χ0v) is 22.2. The number of amides is 2. The fraction of sp³-hybridized carbons (Fsp3) is 0.419. The first-order chi connectivity index (χ1) is 19.0. The number of aliphatic imine (C=N–C) groups is 1. The Hall–Kier alpha value is -3.94. The Labute approximate surface area is 228 Å². The topological polar surface area (TPSA) is 88.5 Å². The van der Waals surface area contributed by atoms with Crippen molar-refractivity contribution in [1.29, 1.82) is 0 Å². The van der Waals surface area contributed by atoms with Gasteiger partial charge in [-0.2, -0.15) is 0 Å². The van der Waals surface area contributed by atoms with Gasteiger partial charge in [-0.1, -0.05) is 24.3 Å². The van der Waals surface area contributed by atoms with Crippen molar-refractivity contribution < 1.29 is 23.9 Å². The molecule has 4 aliphatic rings. The SMILES string of the molecule is COc1cc2c(cc1OCCCCCC(=O)N1CCC3C1=CC(=O)c1ccccc13)N=C[C@@H]1CCCN1C2=O. The van der Waals surface area contributed by atoms with Crippen LogP contribution in [0.4, 0.5) is 5.69 Å². The van der Waals surface area contributed by atoms with Gasteiger partial charge in [-0.05, 0) is 50.2 Å². The van der Waals surface area contributed by atoms with E-state index in [2.05, 4.69) is 4.99 Å². The fourth-order valence-electron chi connectivity index (χ4n) is 6.22. The van der Waals surface area contributed by atoms with Crippen LogP contribution in [-0.4, -0.2) is 66.5 Å². The summed E-state index contributed by atoms with van der Waals surface area (Å²) in [5.74, 6) is 1.26. The van der Waals surface area contributed by atoms with Gasteiger partial charge in [0.05, 0.1) is 31.0 Å². The molecule has 2 saturated heterocycles. The predicted molar refractivity (Wildman–Crippen MR) is 147 cm³/mol. The van der Waals surface area contributed by atoms with E-state index in [-0.39, 0.29) is 29.6 Å². The summed E-state index contributed by atoms with van der Waals surface area (Å²) in [7, 11) is 1.57. The molecule has 1 aliphatic carbocycles. The molecule has 2 atom stereocenters. The molecule has 39 heavy (non-hydrogen) atoms. The van der Waals surface area contributed by atoms with E-state index in [1.807, 2.05) is 40.3 Å². The van der Waals surface area contributed by atoms with Crippen molar-refractivity contribution in [2.75, 3.05) is 26.8 Å². The molecule has 8 heteroatoms. The molecule has 0 radical (unpaired) electrons. The number of unbranched alkanes of at least 4 members (excludes halogenated alkanes) is 2. The maximum Gasteiger partial charge on any atom is 0.256 e. The van der Waals surface area contributed by atoms with Crippen LogP contribution in [0.25, 0.3) is 0 Å². The largest absolute Gasteiger partial charge is 0.493 e. The first-order valence-corrected chi connectivity index (χ1v) is 13.9. The molecule has 3 heterocycles. The van der Waals surface area contributed by atoms with Gasteiger partial charge in [0.2, 0.25) is 5.91 Å². The lowest BCUT2D eigenvalue weighted by molar-refractivity contribution is -0.128. The summed E-state index contributed by atoms with van der Waals surface area (Å²) in [4.78, 5) is 46.9. The van der Waals surface area contributed by atoms with Crippen LogP contribution in [0, 0.1) is 0 Å². The molecule has 1 unspecified atom stereocenters. The summed E-state index contributed by atoms with van der Waals surface area (Å²) in [5, 5.41) is 0. The maximum atomic E-state index is 13.0. The van der Waals surface area contributed by atoms with E-state index < -0.39 is 0 Å². The Balaban J connectivity index is 1.01. The van der Waals surface area contributed by atoms with Crippen molar-refractivity contribution in [2.45, 2.75) is 56.9 Å². The van der Waals surface area contributed by atoms with Crippen molar-refractivity contribution in [3.8, 4) is 11.5 Å². The van der Waals surface area contributed by atoms with Crippen LogP contribution in [0.3, 0.4) is 0 Å². The number of ether oxygens (including phenoxy) is 2. The van der Waals surface area contributed by atoms with Gasteiger partial charge < -0.3 is 19.3 Å². The van der Waals surface area contributed by atoms with Crippen LogP contribution >= 0.6 is 0 Å². The monoisotopic (exact) mass is 527 g/mol. The Kier molecular flexibility index (Phi) is 6.94. The molecule has 0 saturated carbocycles. The van der Waals surface area contributed by atoms with Crippen molar-refractivity contribution in [3.63, 3.8) is 0 Å². The molecule has 2 amide bonds. The first kappa shape index (κ1) is 25.3. The minimum atomic E-state index is -0.0163. The number of hydrogen-bond donors (Lipinski definition) is 0. The van der Waals surface area contributed by atoms with Crippen molar-refractivity contribution in [2.24, 2.45) is 4.99 Å². The van der Waals surface area contributed by atoms with Crippen LogP contribution in [0.1, 0.15) is 77.1 Å². The second-order valence-corrected chi connectivity index (χ2v) is 10.6. The molecule has 0 bridgehead atoms. The Morgan fingerprint density at radius 1 is 1.03 bits per heavy atom. The third-order valence-electron chi connectivity index (χ3n) is 8.24. The summed E-state index contributed by atoms with van der Waals surface area (Å²) >= 11 is 0. The fourth-order valence-corrected chi connectivity index (χ4v) is 6.22. The Morgan fingerprint density at radius 2 is 1.90 bits per heavy atom. The summed E-state index contributed by atoms with van der Waals surface area (Å²) in [6, 6.07) is 11.3. The zero-order chi connectivity index (χ0) is 26.9. The number of carbonyl (C=O) groups excluding carboxylic acids is 3. The molecule has 0 spiro atoms. The summed E-state index contributed by atoms with van der Waals surface area (Å²) in [5.41, 5.74) is 3.80. The van der Waals surface area contributed by atoms with Crippen LogP contribution in [-0.2, 0) is 4.79 Å². The number of carbonyl (C=O) groups is 3. The highest BCUT2D eigenvalue weighted by atomic mass is 16.5. The summed E-state index contributed by atoms with van der Waals surface area (Å²) in [6.45, 7) is 1.87. The van der Waals surface area contributed by atoms with E-state index in [4.69, 9.17) is 9.47 Å². The lowest BCUT2D eigenvalue weighted by Gasteiger charge is -2.25. The van der Waals surface area contributed by atoms with E-state index in [0.29, 0.717) is 42.3 Å². The van der Waals surface area contributed by atoms with E-state index in [1.165, 1.54) is 0 Å². The molecule has 0 aromatic heterocycles. The molecule has 2 fully saturated rings. The second kappa shape index (κ2) is 10.7. The number of hydrogen-bond acceptors (Lipinski definition) is 6. The van der Waals surface area contributed by atoms with Crippen molar-refractivity contribution in [1.82, 2.24) is 9.80 Å². The molecular formula is C31H33N3O5. The normalized spacial score (nSPS) is 21.1. The van der Waals surface area contributed by atoms with Crippen LogP contribution < -0.4 is 9.47 Å². The molecule has 6 rings (SSSR count). The number of fused-ring (bicyclic) bond motifs is 5. The standard InChI is InChI=1S/C31H33N3O5/c1-38-28-16-24-25(32-19-20-8-7-13-33(20)31(24)37)17-29(28)39-15-6-2-3-11-30(36)34-14-12-22-21-9-4-5-10-23(21)27(35)18-26(22)34/h4-5,9-10,16-20,22H,2-3,6-8,11-15H2,1H3/t20-,22?/m0/s1. The van der Waals surface area contributed by atoms with Gasteiger partial charge in [-0.25, -0.2) is 0 Å². The number of nitrogens with zero attached hydrogens (tertiary/aromatic N) is 3. The highest BCUT2D eigenvalue weighted by Gasteiger charge is 2.37. The number of likely N-dealkylation sites (tertiary alicyclic amines) is 1. The third kappa shape index (κ3) is 4.73. The van der Waals surface area contributed by atoms with Gasteiger partial charge in [0.25, 0.3) is 5.91 Å². The Morgan fingerprint density at radius 3 is 2.77 bits per heavy atom. The minimum absolute atomic E-state index is 0.0126. The van der Waals surface area contributed by atoms with E-state index >= 15 is 0 Å². The van der Waals surface area contributed by atoms with Crippen molar-refractivity contribution in [3.05, 3.63) is 64.9 Å². The molecule has 0 N–H and O–H groups in total. The van der Waals surface area contributed by atoms with Gasteiger partial charge in [0.1, 0.15) is 0 Å². The van der Waals surface area contributed by atoms with Crippen LogP contribution in [0.2, 0.25) is 0 Å². The number of methoxy groups -OCH3 is 1. The molecule has 8 nitrogen and oxygen atoms in total. The number of benzene rings is 2. The van der Waals surface area contributed by atoms with E-state index in [0.717, 1.165) is 61.9 Å².